The molecule has 9 heteroatoms. The van der Waals surface area contributed by atoms with Crippen LogP contribution in [-0.4, -0.2) is 39.0 Å². The minimum Gasteiger partial charge on any atom is -0.449 e. The molecule has 1 fully saturated rings. The van der Waals surface area contributed by atoms with Crippen molar-refractivity contribution in [3.8, 4) is 0 Å². The van der Waals surface area contributed by atoms with Gasteiger partial charge >= 0.3 is 5.97 Å². The number of amides is 1. The first-order chi connectivity index (χ1) is 14.7. The molecule has 0 spiro atoms. The van der Waals surface area contributed by atoms with E-state index in [4.69, 9.17) is 16.3 Å². The molecule has 0 aliphatic heterocycles. The predicted octanol–water partition coefficient (Wildman–Crippen LogP) is 3.55. The number of esters is 1. The number of ether oxygens (including phenoxy) is 1. The molecule has 2 aromatic rings. The summed E-state index contributed by atoms with van der Waals surface area (Å²) in [5, 5.41) is 2.77. The fourth-order valence-corrected chi connectivity index (χ4v) is 4.48. The van der Waals surface area contributed by atoms with Gasteiger partial charge in [-0.05, 0) is 50.1 Å². The second-order valence-corrected chi connectivity index (χ2v) is 9.40. The highest BCUT2D eigenvalue weighted by atomic mass is 35.5. The first kappa shape index (κ1) is 22.8. The van der Waals surface area contributed by atoms with Gasteiger partial charge in [-0.3, -0.25) is 9.10 Å². The van der Waals surface area contributed by atoms with E-state index in [1.165, 1.54) is 29.4 Å². The maximum atomic E-state index is 13.3. The molecule has 1 aliphatic carbocycles. The van der Waals surface area contributed by atoms with E-state index in [9.17, 15) is 18.0 Å². The van der Waals surface area contributed by atoms with Crippen molar-refractivity contribution in [1.29, 1.82) is 0 Å². The van der Waals surface area contributed by atoms with Gasteiger partial charge in [0.25, 0.3) is 15.9 Å². The SMILES string of the molecule is C=CCN(c1ccccc1)S(=O)(=O)c1ccc(Cl)c(C(=O)OC(C)C(=O)NC2CC2)c1. The van der Waals surface area contributed by atoms with Crippen molar-refractivity contribution < 1.29 is 22.7 Å². The molecule has 2 aromatic carbocycles. The standard InChI is InChI=1S/C22H23ClN2O5S/c1-3-13-25(17-7-5-4-6-8-17)31(28,29)18-11-12-20(23)19(14-18)22(27)30-15(2)21(26)24-16-9-10-16/h3-8,11-12,14-16H,1,9-10,13H2,2H3,(H,24,26). The molecule has 0 bridgehead atoms. The van der Waals surface area contributed by atoms with Crippen LogP contribution in [0.5, 0.6) is 0 Å². The van der Waals surface area contributed by atoms with Crippen LogP contribution in [0.4, 0.5) is 5.69 Å². The Morgan fingerprint density at radius 2 is 1.94 bits per heavy atom. The summed E-state index contributed by atoms with van der Waals surface area (Å²) in [6, 6.07) is 12.5. The Kier molecular flexibility index (Phi) is 7.02. The minimum atomic E-state index is -4.03. The van der Waals surface area contributed by atoms with Crippen molar-refractivity contribution in [2.45, 2.75) is 36.8 Å². The molecule has 1 aliphatic rings. The molecule has 1 N–H and O–H groups in total. The number of para-hydroxylation sites is 1. The van der Waals surface area contributed by atoms with E-state index >= 15 is 0 Å². The van der Waals surface area contributed by atoms with Gasteiger partial charge in [0.1, 0.15) is 0 Å². The number of hydrogen-bond acceptors (Lipinski definition) is 5. The average molecular weight is 463 g/mol. The number of hydrogen-bond donors (Lipinski definition) is 1. The zero-order chi connectivity index (χ0) is 22.6. The summed E-state index contributed by atoms with van der Waals surface area (Å²) in [5.41, 5.74) is 0.312. The summed E-state index contributed by atoms with van der Waals surface area (Å²) < 4.78 is 33.0. The largest absolute Gasteiger partial charge is 0.449 e. The normalized spacial score (nSPS) is 14.4. The lowest BCUT2D eigenvalue weighted by molar-refractivity contribution is -0.129. The monoisotopic (exact) mass is 462 g/mol. The van der Waals surface area contributed by atoms with Gasteiger partial charge in [0.05, 0.1) is 27.7 Å². The number of nitrogens with one attached hydrogen (secondary N) is 1. The van der Waals surface area contributed by atoms with Crippen molar-refractivity contribution in [2.24, 2.45) is 0 Å². The molecular weight excluding hydrogens is 440 g/mol. The second-order valence-electron chi connectivity index (χ2n) is 7.13. The van der Waals surface area contributed by atoms with Gasteiger partial charge in [-0.1, -0.05) is 35.9 Å². The fourth-order valence-electron chi connectivity index (χ4n) is 2.83. The van der Waals surface area contributed by atoms with Gasteiger partial charge in [-0.25, -0.2) is 13.2 Å². The number of carbonyl (C=O) groups is 2. The Labute approximate surface area is 186 Å². The van der Waals surface area contributed by atoms with E-state index in [0.29, 0.717) is 5.69 Å². The number of halogens is 1. The van der Waals surface area contributed by atoms with Crippen molar-refractivity contribution in [2.75, 3.05) is 10.8 Å². The Balaban J connectivity index is 1.87. The Bertz CT molecular complexity index is 1080. The smallest absolute Gasteiger partial charge is 0.340 e. The molecule has 0 heterocycles. The van der Waals surface area contributed by atoms with Gasteiger partial charge in [0, 0.05) is 6.04 Å². The Hall–Kier alpha value is -2.84. The van der Waals surface area contributed by atoms with E-state index in [-0.39, 0.29) is 28.1 Å². The lowest BCUT2D eigenvalue weighted by atomic mass is 10.2. The van der Waals surface area contributed by atoms with Crippen LogP contribution in [0, 0.1) is 0 Å². The molecule has 164 valence electrons. The number of anilines is 1. The molecule has 1 unspecified atom stereocenters. The van der Waals surface area contributed by atoms with Crippen LogP contribution in [0.25, 0.3) is 0 Å². The molecule has 0 radical (unpaired) electrons. The van der Waals surface area contributed by atoms with Crippen LogP contribution < -0.4 is 9.62 Å². The number of rotatable bonds is 9. The van der Waals surface area contributed by atoms with E-state index in [0.717, 1.165) is 18.9 Å². The summed E-state index contributed by atoms with van der Waals surface area (Å²) in [4.78, 5) is 24.5. The summed E-state index contributed by atoms with van der Waals surface area (Å²) in [5.74, 6) is -1.28. The lowest BCUT2D eigenvalue weighted by Crippen LogP contribution is -2.37. The Morgan fingerprint density at radius 3 is 2.55 bits per heavy atom. The molecule has 1 amide bonds. The highest BCUT2D eigenvalue weighted by Crippen LogP contribution is 2.27. The highest BCUT2D eigenvalue weighted by Gasteiger charge is 2.29. The van der Waals surface area contributed by atoms with Crippen LogP contribution in [0.3, 0.4) is 0 Å². The highest BCUT2D eigenvalue weighted by molar-refractivity contribution is 7.92. The van der Waals surface area contributed by atoms with E-state index in [1.807, 2.05) is 0 Å². The second kappa shape index (κ2) is 9.53. The van der Waals surface area contributed by atoms with Crippen molar-refractivity contribution in [1.82, 2.24) is 5.32 Å². The third kappa shape index (κ3) is 5.45. The Morgan fingerprint density at radius 1 is 1.26 bits per heavy atom. The summed E-state index contributed by atoms with van der Waals surface area (Å²) in [6.07, 6.45) is 2.24. The average Bonchev–Trinajstić information content (AvgIpc) is 3.56. The van der Waals surface area contributed by atoms with Gasteiger partial charge in [0.2, 0.25) is 0 Å². The third-order valence-corrected chi connectivity index (χ3v) is 6.78. The predicted molar refractivity (Wildman–Crippen MR) is 119 cm³/mol. The fraction of sp³-hybridized carbons (Fsp3) is 0.273. The van der Waals surface area contributed by atoms with Crippen molar-refractivity contribution >= 4 is 39.2 Å². The quantitative estimate of drug-likeness (QED) is 0.454. The van der Waals surface area contributed by atoms with Gasteiger partial charge < -0.3 is 10.1 Å². The maximum Gasteiger partial charge on any atom is 0.340 e. The first-order valence-corrected chi connectivity index (χ1v) is 11.6. The molecule has 31 heavy (non-hydrogen) atoms. The number of nitrogens with zero attached hydrogens (tertiary/aromatic N) is 1. The van der Waals surface area contributed by atoms with Crippen LogP contribution in [-0.2, 0) is 19.6 Å². The lowest BCUT2D eigenvalue weighted by Gasteiger charge is -2.23. The van der Waals surface area contributed by atoms with Crippen LogP contribution in [0.15, 0.2) is 66.1 Å². The van der Waals surface area contributed by atoms with Crippen LogP contribution >= 0.6 is 11.6 Å². The summed E-state index contributed by atoms with van der Waals surface area (Å²) >= 11 is 6.13. The molecular formula is C22H23ClN2O5S. The maximum absolute atomic E-state index is 13.3. The molecule has 0 saturated heterocycles. The summed E-state index contributed by atoms with van der Waals surface area (Å²) in [7, 11) is -4.03. The topological polar surface area (TPSA) is 92.8 Å². The van der Waals surface area contributed by atoms with Gasteiger partial charge in [-0.15, -0.1) is 6.58 Å². The molecule has 3 rings (SSSR count). The molecule has 1 atom stereocenters. The van der Waals surface area contributed by atoms with Gasteiger partial charge in [0.15, 0.2) is 6.10 Å². The first-order valence-electron chi connectivity index (χ1n) is 9.73. The van der Waals surface area contributed by atoms with Crippen molar-refractivity contribution in [3.05, 3.63) is 71.8 Å². The molecule has 7 nitrogen and oxygen atoms in total. The zero-order valence-corrected chi connectivity index (χ0v) is 18.5. The molecule has 0 aromatic heterocycles. The minimum absolute atomic E-state index is 0.0220. The van der Waals surface area contributed by atoms with Crippen LogP contribution in [0.2, 0.25) is 5.02 Å². The van der Waals surface area contributed by atoms with E-state index in [2.05, 4.69) is 11.9 Å². The third-order valence-electron chi connectivity index (χ3n) is 4.66. The van der Waals surface area contributed by atoms with Gasteiger partial charge in [-0.2, -0.15) is 0 Å². The number of carbonyl (C=O) groups excluding carboxylic acids is 2. The van der Waals surface area contributed by atoms with E-state index < -0.39 is 28.0 Å². The van der Waals surface area contributed by atoms with E-state index in [1.54, 1.807) is 30.3 Å². The number of sulfonamides is 1. The number of benzene rings is 2. The van der Waals surface area contributed by atoms with Crippen molar-refractivity contribution in [3.63, 3.8) is 0 Å². The summed E-state index contributed by atoms with van der Waals surface area (Å²) in [6.45, 7) is 5.11. The zero-order valence-electron chi connectivity index (χ0n) is 17.0. The molecule has 1 saturated carbocycles. The van der Waals surface area contributed by atoms with Crippen LogP contribution in [0.1, 0.15) is 30.1 Å².